The summed E-state index contributed by atoms with van der Waals surface area (Å²) >= 11 is 1.76. The van der Waals surface area contributed by atoms with E-state index in [9.17, 15) is 0 Å². The SMILES string of the molecule is CCCNC(Cc1ccsc1)c1cnn(CC)c1. The van der Waals surface area contributed by atoms with Gasteiger partial charge in [-0.2, -0.15) is 16.4 Å². The van der Waals surface area contributed by atoms with E-state index in [2.05, 4.69) is 47.3 Å². The molecule has 1 unspecified atom stereocenters. The molecule has 0 saturated carbocycles. The van der Waals surface area contributed by atoms with E-state index < -0.39 is 0 Å². The predicted octanol–water partition coefficient (Wildman–Crippen LogP) is 3.25. The van der Waals surface area contributed by atoms with E-state index in [1.807, 2.05) is 10.9 Å². The molecule has 1 N–H and O–H groups in total. The van der Waals surface area contributed by atoms with E-state index in [1.165, 1.54) is 11.1 Å². The minimum atomic E-state index is 0.375. The summed E-state index contributed by atoms with van der Waals surface area (Å²) in [4.78, 5) is 0. The number of thiophene rings is 1. The molecule has 2 aromatic heterocycles. The summed E-state index contributed by atoms with van der Waals surface area (Å²) < 4.78 is 1.99. The molecule has 0 spiro atoms. The number of rotatable bonds is 7. The molecule has 0 radical (unpaired) electrons. The third kappa shape index (κ3) is 3.43. The number of hydrogen-bond acceptors (Lipinski definition) is 3. The van der Waals surface area contributed by atoms with Crippen LogP contribution in [0.2, 0.25) is 0 Å². The number of aromatic nitrogens is 2. The predicted molar refractivity (Wildman–Crippen MR) is 77.0 cm³/mol. The molecular weight excluding hydrogens is 242 g/mol. The molecule has 18 heavy (non-hydrogen) atoms. The molecule has 0 aliphatic carbocycles. The Bertz CT molecular complexity index is 447. The van der Waals surface area contributed by atoms with Crippen LogP contribution in [0, 0.1) is 0 Å². The number of nitrogens with zero attached hydrogens (tertiary/aromatic N) is 2. The summed E-state index contributed by atoms with van der Waals surface area (Å²) in [5.74, 6) is 0. The lowest BCUT2D eigenvalue weighted by Gasteiger charge is -2.16. The van der Waals surface area contributed by atoms with Crippen molar-refractivity contribution in [1.82, 2.24) is 15.1 Å². The van der Waals surface area contributed by atoms with Gasteiger partial charge in [0.05, 0.1) is 6.20 Å². The molecule has 0 aliphatic heterocycles. The van der Waals surface area contributed by atoms with Gasteiger partial charge in [-0.25, -0.2) is 0 Å². The van der Waals surface area contributed by atoms with Crippen LogP contribution >= 0.6 is 11.3 Å². The van der Waals surface area contributed by atoms with Gasteiger partial charge in [0.2, 0.25) is 0 Å². The Hall–Kier alpha value is -1.13. The summed E-state index contributed by atoms with van der Waals surface area (Å²) in [5.41, 5.74) is 2.69. The van der Waals surface area contributed by atoms with Gasteiger partial charge in [-0.1, -0.05) is 6.92 Å². The lowest BCUT2D eigenvalue weighted by Crippen LogP contribution is -2.23. The lowest BCUT2D eigenvalue weighted by atomic mass is 10.0. The molecule has 0 amide bonds. The van der Waals surface area contributed by atoms with E-state index in [0.29, 0.717) is 6.04 Å². The third-order valence-electron chi connectivity index (χ3n) is 3.04. The van der Waals surface area contributed by atoms with Crippen molar-refractivity contribution in [2.45, 2.75) is 39.3 Å². The van der Waals surface area contributed by atoms with E-state index >= 15 is 0 Å². The van der Waals surface area contributed by atoms with Gasteiger partial charge in [0.1, 0.15) is 0 Å². The molecule has 0 bridgehead atoms. The van der Waals surface area contributed by atoms with Crippen LogP contribution in [0.25, 0.3) is 0 Å². The zero-order valence-electron chi connectivity index (χ0n) is 11.1. The van der Waals surface area contributed by atoms with Crippen LogP contribution in [-0.2, 0) is 13.0 Å². The van der Waals surface area contributed by atoms with Crippen LogP contribution in [0.5, 0.6) is 0 Å². The summed E-state index contributed by atoms with van der Waals surface area (Å²) in [6, 6.07) is 2.58. The maximum Gasteiger partial charge on any atom is 0.0537 e. The summed E-state index contributed by atoms with van der Waals surface area (Å²) in [5, 5.41) is 12.4. The smallest absolute Gasteiger partial charge is 0.0537 e. The third-order valence-corrected chi connectivity index (χ3v) is 3.77. The zero-order chi connectivity index (χ0) is 12.8. The Kier molecular flexibility index (Phi) is 4.96. The zero-order valence-corrected chi connectivity index (χ0v) is 11.9. The first-order valence-corrected chi connectivity index (χ1v) is 7.54. The van der Waals surface area contributed by atoms with E-state index in [4.69, 9.17) is 0 Å². The van der Waals surface area contributed by atoms with Gasteiger partial charge in [-0.3, -0.25) is 4.68 Å². The summed E-state index contributed by atoms with van der Waals surface area (Å²) in [7, 11) is 0. The largest absolute Gasteiger partial charge is 0.310 e. The Balaban J connectivity index is 2.08. The quantitative estimate of drug-likeness (QED) is 0.831. The molecule has 0 aliphatic rings. The second-order valence-corrected chi connectivity index (χ2v) is 5.25. The molecule has 0 fully saturated rings. The normalized spacial score (nSPS) is 12.8. The number of nitrogens with one attached hydrogen (secondary N) is 1. The molecular formula is C14H21N3S. The lowest BCUT2D eigenvalue weighted by molar-refractivity contribution is 0.529. The van der Waals surface area contributed by atoms with Crippen molar-refractivity contribution in [3.05, 3.63) is 40.3 Å². The minimum absolute atomic E-state index is 0.375. The first-order chi connectivity index (χ1) is 8.83. The first-order valence-electron chi connectivity index (χ1n) is 6.60. The Morgan fingerprint density at radius 3 is 2.94 bits per heavy atom. The second kappa shape index (κ2) is 6.71. The van der Waals surface area contributed by atoms with Crippen LogP contribution in [-0.4, -0.2) is 16.3 Å². The Labute approximate surface area is 113 Å². The van der Waals surface area contributed by atoms with Crippen molar-refractivity contribution < 1.29 is 0 Å². The van der Waals surface area contributed by atoms with Gasteiger partial charge in [-0.05, 0) is 48.7 Å². The number of hydrogen-bond donors (Lipinski definition) is 1. The van der Waals surface area contributed by atoms with Crippen LogP contribution < -0.4 is 5.32 Å². The van der Waals surface area contributed by atoms with Crippen molar-refractivity contribution in [2.75, 3.05) is 6.54 Å². The standard InChI is InChI=1S/C14H21N3S/c1-3-6-15-14(8-12-5-7-18-11-12)13-9-16-17(4-2)10-13/h5,7,9-11,14-15H,3-4,6,8H2,1-2H3. The highest BCUT2D eigenvalue weighted by atomic mass is 32.1. The van der Waals surface area contributed by atoms with E-state index in [0.717, 1.165) is 25.9 Å². The van der Waals surface area contributed by atoms with Gasteiger partial charge < -0.3 is 5.32 Å². The maximum atomic E-state index is 4.37. The maximum absolute atomic E-state index is 4.37. The average molecular weight is 263 g/mol. The van der Waals surface area contributed by atoms with Crippen molar-refractivity contribution in [1.29, 1.82) is 0 Å². The van der Waals surface area contributed by atoms with Crippen LogP contribution in [0.1, 0.15) is 37.4 Å². The topological polar surface area (TPSA) is 29.9 Å². The molecule has 2 rings (SSSR count). The van der Waals surface area contributed by atoms with Crippen LogP contribution in [0.15, 0.2) is 29.2 Å². The Morgan fingerprint density at radius 1 is 1.44 bits per heavy atom. The van der Waals surface area contributed by atoms with E-state index in [1.54, 1.807) is 11.3 Å². The van der Waals surface area contributed by atoms with Crippen molar-refractivity contribution in [3.8, 4) is 0 Å². The molecule has 4 heteroatoms. The molecule has 0 saturated heterocycles. The highest BCUT2D eigenvalue weighted by Gasteiger charge is 2.13. The fourth-order valence-electron chi connectivity index (χ4n) is 2.00. The van der Waals surface area contributed by atoms with Gasteiger partial charge in [-0.15, -0.1) is 0 Å². The molecule has 2 heterocycles. The van der Waals surface area contributed by atoms with E-state index in [-0.39, 0.29) is 0 Å². The Morgan fingerprint density at radius 2 is 2.33 bits per heavy atom. The van der Waals surface area contributed by atoms with Crippen LogP contribution in [0.3, 0.4) is 0 Å². The average Bonchev–Trinajstić information content (AvgIpc) is 3.05. The molecule has 2 aromatic rings. The van der Waals surface area contributed by atoms with Gasteiger partial charge in [0.25, 0.3) is 0 Å². The minimum Gasteiger partial charge on any atom is -0.310 e. The van der Waals surface area contributed by atoms with Gasteiger partial charge in [0.15, 0.2) is 0 Å². The monoisotopic (exact) mass is 263 g/mol. The molecule has 98 valence electrons. The second-order valence-electron chi connectivity index (χ2n) is 4.47. The molecule has 0 aromatic carbocycles. The summed E-state index contributed by atoms with van der Waals surface area (Å²) in [6.45, 7) is 6.29. The summed E-state index contributed by atoms with van der Waals surface area (Å²) in [6.07, 6.45) is 6.34. The first kappa shape index (κ1) is 13.3. The number of aryl methyl sites for hydroxylation is 1. The van der Waals surface area contributed by atoms with Gasteiger partial charge >= 0.3 is 0 Å². The van der Waals surface area contributed by atoms with Crippen molar-refractivity contribution >= 4 is 11.3 Å². The molecule has 1 atom stereocenters. The van der Waals surface area contributed by atoms with Gasteiger partial charge in [0, 0.05) is 24.3 Å². The highest BCUT2D eigenvalue weighted by molar-refractivity contribution is 7.07. The van der Waals surface area contributed by atoms with Crippen molar-refractivity contribution in [3.63, 3.8) is 0 Å². The van der Waals surface area contributed by atoms with Crippen LogP contribution in [0.4, 0.5) is 0 Å². The fourth-order valence-corrected chi connectivity index (χ4v) is 2.68. The molecule has 3 nitrogen and oxygen atoms in total. The van der Waals surface area contributed by atoms with Crippen molar-refractivity contribution in [2.24, 2.45) is 0 Å². The fraction of sp³-hybridized carbons (Fsp3) is 0.500. The highest BCUT2D eigenvalue weighted by Crippen LogP contribution is 2.19.